The summed E-state index contributed by atoms with van der Waals surface area (Å²) < 4.78 is 10.9. The highest BCUT2D eigenvalue weighted by Gasteiger charge is 2.39. The Balaban J connectivity index is 1.83. The van der Waals surface area contributed by atoms with Crippen molar-refractivity contribution < 1.29 is 19.4 Å². The molecule has 0 saturated heterocycles. The van der Waals surface area contributed by atoms with Crippen LogP contribution in [0.2, 0.25) is 0 Å². The van der Waals surface area contributed by atoms with E-state index in [9.17, 15) is 9.90 Å². The first-order chi connectivity index (χ1) is 9.58. The van der Waals surface area contributed by atoms with Gasteiger partial charge in [0.1, 0.15) is 18.8 Å². The van der Waals surface area contributed by atoms with Gasteiger partial charge in [0.25, 0.3) is 0 Å². The predicted octanol–water partition coefficient (Wildman–Crippen LogP) is 2.58. The minimum atomic E-state index is -1.21. The monoisotopic (exact) mass is 276 g/mol. The van der Waals surface area contributed by atoms with Crippen molar-refractivity contribution in [2.24, 2.45) is 5.92 Å². The molecular formula is C16H20O4. The van der Waals surface area contributed by atoms with Gasteiger partial charge in [-0.05, 0) is 49.8 Å². The molecule has 0 aromatic heterocycles. The van der Waals surface area contributed by atoms with Crippen LogP contribution in [-0.4, -0.2) is 29.7 Å². The number of aliphatic hydroxyl groups is 1. The van der Waals surface area contributed by atoms with Crippen molar-refractivity contribution >= 4 is 5.78 Å². The fourth-order valence-electron chi connectivity index (χ4n) is 2.92. The van der Waals surface area contributed by atoms with Crippen LogP contribution in [0.25, 0.3) is 0 Å². The second-order valence-electron chi connectivity index (χ2n) is 5.90. The van der Waals surface area contributed by atoms with Gasteiger partial charge in [0.05, 0.1) is 0 Å². The number of ether oxygens (including phenoxy) is 2. The summed E-state index contributed by atoms with van der Waals surface area (Å²) in [6.45, 7) is 3.18. The van der Waals surface area contributed by atoms with Crippen molar-refractivity contribution in [1.82, 2.24) is 0 Å². The Kier molecular flexibility index (Phi) is 3.42. The van der Waals surface area contributed by atoms with E-state index >= 15 is 0 Å². The number of hydrogen-bond acceptors (Lipinski definition) is 4. The minimum absolute atomic E-state index is 0.193. The van der Waals surface area contributed by atoms with Crippen LogP contribution in [0.1, 0.15) is 43.0 Å². The summed E-state index contributed by atoms with van der Waals surface area (Å²) in [7, 11) is 0. The lowest BCUT2D eigenvalue weighted by Crippen LogP contribution is -2.41. The largest absolute Gasteiger partial charge is 0.486 e. The second kappa shape index (κ2) is 5.09. The molecule has 1 fully saturated rings. The molecule has 20 heavy (non-hydrogen) atoms. The van der Waals surface area contributed by atoms with Crippen LogP contribution in [0.15, 0.2) is 18.2 Å². The summed E-state index contributed by atoms with van der Waals surface area (Å²) in [6, 6.07) is 5.15. The molecule has 1 N–H and O–H groups in total. The number of Topliss-reactive ketones (excluding diaryl/α,β-unsaturated/α-hetero) is 1. The fraction of sp³-hybridized carbons (Fsp3) is 0.562. The lowest BCUT2D eigenvalue weighted by molar-refractivity contribution is 0.00422. The Morgan fingerprint density at radius 1 is 1.20 bits per heavy atom. The minimum Gasteiger partial charge on any atom is -0.486 e. The van der Waals surface area contributed by atoms with Gasteiger partial charge in [-0.1, -0.05) is 6.92 Å². The molecule has 108 valence electrons. The van der Waals surface area contributed by atoms with E-state index in [1.807, 2.05) is 0 Å². The lowest BCUT2D eigenvalue weighted by atomic mass is 9.76. The Hall–Kier alpha value is -1.55. The molecule has 0 radical (unpaired) electrons. The van der Waals surface area contributed by atoms with Crippen LogP contribution in [0.3, 0.4) is 0 Å². The molecule has 1 aliphatic carbocycles. The third-order valence-electron chi connectivity index (χ3n) is 4.33. The Morgan fingerprint density at radius 3 is 2.55 bits per heavy atom. The van der Waals surface area contributed by atoms with E-state index in [1.54, 1.807) is 18.2 Å². The first-order valence-corrected chi connectivity index (χ1v) is 7.25. The van der Waals surface area contributed by atoms with Gasteiger partial charge in [0, 0.05) is 5.56 Å². The zero-order valence-electron chi connectivity index (χ0n) is 11.7. The highest BCUT2D eigenvalue weighted by atomic mass is 16.6. The quantitative estimate of drug-likeness (QED) is 0.844. The number of carbonyl (C=O) groups excluding carboxylic acids is 1. The first kappa shape index (κ1) is 13.4. The SMILES string of the molecule is CC1CCC(O)(C(=O)c2ccc3c(c2)OCCO3)CC1. The maximum Gasteiger partial charge on any atom is 0.194 e. The summed E-state index contributed by atoms with van der Waals surface area (Å²) in [5, 5.41) is 10.6. The highest BCUT2D eigenvalue weighted by Crippen LogP contribution is 2.36. The molecule has 0 atom stereocenters. The normalized spacial score (nSPS) is 29.0. The van der Waals surface area contributed by atoms with Crippen molar-refractivity contribution in [2.75, 3.05) is 13.2 Å². The van der Waals surface area contributed by atoms with E-state index in [0.717, 1.165) is 12.8 Å². The van der Waals surface area contributed by atoms with E-state index in [4.69, 9.17) is 9.47 Å². The number of hydrogen-bond donors (Lipinski definition) is 1. The van der Waals surface area contributed by atoms with Gasteiger partial charge < -0.3 is 14.6 Å². The first-order valence-electron chi connectivity index (χ1n) is 7.25. The molecular weight excluding hydrogens is 256 g/mol. The van der Waals surface area contributed by atoms with E-state index in [-0.39, 0.29) is 5.78 Å². The number of ketones is 1. The van der Waals surface area contributed by atoms with Crippen LogP contribution in [0, 0.1) is 5.92 Å². The third kappa shape index (κ3) is 2.40. The fourth-order valence-corrected chi connectivity index (χ4v) is 2.92. The summed E-state index contributed by atoms with van der Waals surface area (Å²) in [5.41, 5.74) is -0.706. The van der Waals surface area contributed by atoms with E-state index in [0.29, 0.717) is 49.0 Å². The Labute approximate surface area is 118 Å². The zero-order valence-corrected chi connectivity index (χ0v) is 11.7. The summed E-state index contributed by atoms with van der Waals surface area (Å²) in [4.78, 5) is 12.6. The average Bonchev–Trinajstić information content (AvgIpc) is 2.49. The topological polar surface area (TPSA) is 55.8 Å². The van der Waals surface area contributed by atoms with Gasteiger partial charge in [0.15, 0.2) is 17.3 Å². The molecule has 3 rings (SSSR count). The number of fused-ring (bicyclic) bond motifs is 1. The van der Waals surface area contributed by atoms with Gasteiger partial charge in [-0.3, -0.25) is 4.79 Å². The van der Waals surface area contributed by atoms with Crippen molar-refractivity contribution in [2.45, 2.75) is 38.2 Å². The van der Waals surface area contributed by atoms with Crippen molar-refractivity contribution in [1.29, 1.82) is 0 Å². The molecule has 0 spiro atoms. The molecule has 1 heterocycles. The standard InChI is InChI=1S/C16H20O4/c1-11-4-6-16(18,7-5-11)15(17)12-2-3-13-14(10-12)20-9-8-19-13/h2-3,10-11,18H,4-9H2,1H3. The van der Waals surface area contributed by atoms with E-state index < -0.39 is 5.60 Å². The zero-order chi connectivity index (χ0) is 14.2. The maximum absolute atomic E-state index is 12.6. The van der Waals surface area contributed by atoms with Crippen LogP contribution in [0.4, 0.5) is 0 Å². The lowest BCUT2D eigenvalue weighted by Gasteiger charge is -2.33. The van der Waals surface area contributed by atoms with Crippen LogP contribution in [0.5, 0.6) is 11.5 Å². The smallest absolute Gasteiger partial charge is 0.194 e. The average molecular weight is 276 g/mol. The number of carbonyl (C=O) groups is 1. The molecule has 0 bridgehead atoms. The summed E-state index contributed by atoms with van der Waals surface area (Å²) >= 11 is 0. The molecule has 2 aliphatic rings. The summed E-state index contributed by atoms with van der Waals surface area (Å²) in [6.07, 6.45) is 2.88. The van der Waals surface area contributed by atoms with E-state index in [1.165, 1.54) is 0 Å². The van der Waals surface area contributed by atoms with Crippen molar-refractivity contribution in [3.63, 3.8) is 0 Å². The van der Waals surface area contributed by atoms with Gasteiger partial charge in [-0.2, -0.15) is 0 Å². The van der Waals surface area contributed by atoms with Gasteiger partial charge in [-0.15, -0.1) is 0 Å². The highest BCUT2D eigenvalue weighted by molar-refractivity contribution is 6.02. The Morgan fingerprint density at radius 2 is 1.85 bits per heavy atom. The van der Waals surface area contributed by atoms with Gasteiger partial charge in [-0.25, -0.2) is 0 Å². The molecule has 0 unspecified atom stereocenters. The third-order valence-corrected chi connectivity index (χ3v) is 4.33. The van der Waals surface area contributed by atoms with Crippen LogP contribution in [-0.2, 0) is 0 Å². The predicted molar refractivity (Wildman–Crippen MR) is 74.3 cm³/mol. The maximum atomic E-state index is 12.6. The second-order valence-corrected chi connectivity index (χ2v) is 5.90. The molecule has 1 aromatic rings. The van der Waals surface area contributed by atoms with Gasteiger partial charge >= 0.3 is 0 Å². The molecule has 4 heteroatoms. The molecule has 1 aromatic carbocycles. The van der Waals surface area contributed by atoms with Crippen LogP contribution >= 0.6 is 0 Å². The van der Waals surface area contributed by atoms with Crippen molar-refractivity contribution in [3.8, 4) is 11.5 Å². The molecule has 0 amide bonds. The van der Waals surface area contributed by atoms with E-state index in [2.05, 4.69) is 6.92 Å². The number of rotatable bonds is 2. The van der Waals surface area contributed by atoms with Gasteiger partial charge in [0.2, 0.25) is 0 Å². The van der Waals surface area contributed by atoms with Crippen LogP contribution < -0.4 is 9.47 Å². The summed E-state index contributed by atoms with van der Waals surface area (Å²) in [5.74, 6) is 1.65. The molecule has 1 aliphatic heterocycles. The Bertz CT molecular complexity index is 515. The molecule has 1 saturated carbocycles. The van der Waals surface area contributed by atoms with Crippen molar-refractivity contribution in [3.05, 3.63) is 23.8 Å². The number of benzene rings is 1. The molecule has 4 nitrogen and oxygen atoms in total.